The fourth-order valence-corrected chi connectivity index (χ4v) is 2.80. The smallest absolute Gasteiger partial charge is 0.417 e. The quantitative estimate of drug-likeness (QED) is 0.511. The van der Waals surface area contributed by atoms with Crippen LogP contribution in [0.1, 0.15) is 27.2 Å². The first-order valence-electron chi connectivity index (χ1n) is 7.16. The first-order valence-corrected chi connectivity index (χ1v) is 7.98. The van der Waals surface area contributed by atoms with Gasteiger partial charge in [0.1, 0.15) is 0 Å². The molecule has 134 valence electrons. The van der Waals surface area contributed by atoms with Gasteiger partial charge in [0.2, 0.25) is 5.78 Å². The number of aromatic nitrogens is 1. The third-order valence-electron chi connectivity index (χ3n) is 3.11. The van der Waals surface area contributed by atoms with E-state index in [1.54, 1.807) is 0 Å². The van der Waals surface area contributed by atoms with E-state index in [9.17, 15) is 22.8 Å². The highest BCUT2D eigenvalue weighted by molar-refractivity contribution is 7.17. The topological polar surface area (TPSA) is 91.3 Å². The monoisotopic (exact) mass is 373 g/mol. The van der Waals surface area contributed by atoms with Gasteiger partial charge >= 0.3 is 12.3 Å². The molecule has 0 saturated carbocycles. The Hall–Kier alpha value is -2.62. The van der Waals surface area contributed by atoms with Crippen molar-refractivity contribution in [2.24, 2.45) is 0 Å². The molecule has 1 aromatic heterocycles. The van der Waals surface area contributed by atoms with Crippen LogP contribution in [0.15, 0.2) is 30.5 Å². The number of hydrogen-bond acceptors (Lipinski definition) is 5. The number of anilines is 1. The maximum Gasteiger partial charge on any atom is 0.417 e. The number of rotatable bonds is 7. The SMILES string of the molecule is O=C(O)NCCCNc1ncc(C(=O)c2ccccc2C(F)(F)F)s1. The lowest BCUT2D eigenvalue weighted by atomic mass is 10.0. The molecule has 2 rings (SSSR count). The molecule has 3 N–H and O–H groups in total. The molecule has 0 fully saturated rings. The number of halogens is 3. The Bertz CT molecular complexity index is 762. The molecule has 0 unspecified atom stereocenters. The van der Waals surface area contributed by atoms with Gasteiger partial charge in [-0.3, -0.25) is 4.79 Å². The predicted molar refractivity (Wildman–Crippen MR) is 86.1 cm³/mol. The molecule has 10 heteroatoms. The van der Waals surface area contributed by atoms with Crippen LogP contribution in [0.2, 0.25) is 0 Å². The zero-order valence-corrected chi connectivity index (χ0v) is 13.6. The van der Waals surface area contributed by atoms with Gasteiger partial charge in [-0.15, -0.1) is 0 Å². The van der Waals surface area contributed by atoms with Gasteiger partial charge in [0, 0.05) is 18.7 Å². The summed E-state index contributed by atoms with van der Waals surface area (Å²) in [6.07, 6.45) is -4.02. The largest absolute Gasteiger partial charge is 0.465 e. The van der Waals surface area contributed by atoms with Crippen LogP contribution in [-0.4, -0.2) is 35.1 Å². The molecule has 0 radical (unpaired) electrons. The van der Waals surface area contributed by atoms with Gasteiger partial charge in [0.05, 0.1) is 16.6 Å². The van der Waals surface area contributed by atoms with E-state index >= 15 is 0 Å². The Morgan fingerprint density at radius 1 is 1.20 bits per heavy atom. The first kappa shape index (κ1) is 18.7. The van der Waals surface area contributed by atoms with Crippen molar-refractivity contribution < 1.29 is 27.9 Å². The number of ketones is 1. The lowest BCUT2D eigenvalue weighted by Gasteiger charge is -2.10. The molecule has 1 heterocycles. The van der Waals surface area contributed by atoms with Gasteiger partial charge in [-0.25, -0.2) is 9.78 Å². The van der Waals surface area contributed by atoms with Gasteiger partial charge in [0.25, 0.3) is 0 Å². The van der Waals surface area contributed by atoms with Crippen LogP contribution in [0.3, 0.4) is 0 Å². The number of carbonyl (C=O) groups excluding carboxylic acids is 1. The Labute approximate surface area is 144 Å². The van der Waals surface area contributed by atoms with E-state index in [4.69, 9.17) is 5.11 Å². The van der Waals surface area contributed by atoms with Crippen LogP contribution >= 0.6 is 11.3 Å². The standard InChI is InChI=1S/C15H14F3N3O3S/c16-15(17,18)10-5-2-1-4-9(10)12(22)11-8-21-13(25-11)19-6-3-7-20-14(23)24/h1-2,4-5,8,20H,3,6-7H2,(H,19,21)(H,23,24). The highest BCUT2D eigenvalue weighted by Crippen LogP contribution is 2.33. The van der Waals surface area contributed by atoms with Crippen molar-refractivity contribution in [1.29, 1.82) is 0 Å². The molecule has 0 saturated heterocycles. The third-order valence-corrected chi connectivity index (χ3v) is 4.07. The Morgan fingerprint density at radius 3 is 2.60 bits per heavy atom. The number of nitrogens with one attached hydrogen (secondary N) is 2. The number of benzene rings is 1. The minimum Gasteiger partial charge on any atom is -0.465 e. The van der Waals surface area contributed by atoms with E-state index in [1.807, 2.05) is 0 Å². The van der Waals surface area contributed by atoms with Crippen LogP contribution in [0.4, 0.5) is 23.1 Å². The van der Waals surface area contributed by atoms with Crippen LogP contribution in [0.25, 0.3) is 0 Å². The molecular weight excluding hydrogens is 359 g/mol. The summed E-state index contributed by atoms with van der Waals surface area (Å²) in [6, 6.07) is 4.60. The van der Waals surface area contributed by atoms with Crippen molar-refractivity contribution in [3.63, 3.8) is 0 Å². The summed E-state index contributed by atoms with van der Waals surface area (Å²) < 4.78 is 39.0. The summed E-state index contributed by atoms with van der Waals surface area (Å²) in [4.78, 5) is 26.7. The second-order valence-corrected chi connectivity index (χ2v) is 5.95. The second kappa shape index (κ2) is 7.97. The summed E-state index contributed by atoms with van der Waals surface area (Å²) in [5, 5.41) is 13.9. The second-order valence-electron chi connectivity index (χ2n) is 4.91. The molecule has 1 aromatic carbocycles. The fourth-order valence-electron chi connectivity index (χ4n) is 2.00. The van der Waals surface area contributed by atoms with Crippen LogP contribution < -0.4 is 10.6 Å². The highest BCUT2D eigenvalue weighted by Gasteiger charge is 2.35. The van der Waals surface area contributed by atoms with Crippen molar-refractivity contribution in [3.8, 4) is 0 Å². The molecule has 25 heavy (non-hydrogen) atoms. The first-order chi connectivity index (χ1) is 11.8. The van der Waals surface area contributed by atoms with Crippen molar-refractivity contribution in [2.75, 3.05) is 18.4 Å². The number of thiazole rings is 1. The average molecular weight is 373 g/mol. The van der Waals surface area contributed by atoms with E-state index in [1.165, 1.54) is 18.3 Å². The van der Waals surface area contributed by atoms with E-state index in [0.29, 0.717) is 18.1 Å². The molecule has 0 aliphatic heterocycles. The van der Waals surface area contributed by atoms with Gasteiger partial charge < -0.3 is 15.7 Å². The van der Waals surface area contributed by atoms with Gasteiger partial charge in [0.15, 0.2) is 5.13 Å². The lowest BCUT2D eigenvalue weighted by Crippen LogP contribution is -2.23. The highest BCUT2D eigenvalue weighted by atomic mass is 32.1. The number of hydrogen-bond donors (Lipinski definition) is 3. The van der Waals surface area contributed by atoms with Gasteiger partial charge in [-0.2, -0.15) is 13.2 Å². The minimum atomic E-state index is -4.62. The van der Waals surface area contributed by atoms with E-state index in [2.05, 4.69) is 15.6 Å². The Kier molecular flexibility index (Phi) is 5.97. The Balaban J connectivity index is 2.03. The maximum absolute atomic E-state index is 13.0. The zero-order chi connectivity index (χ0) is 18.4. The average Bonchev–Trinajstić information content (AvgIpc) is 3.01. The van der Waals surface area contributed by atoms with Gasteiger partial charge in [-0.05, 0) is 12.5 Å². The molecule has 0 spiro atoms. The zero-order valence-electron chi connectivity index (χ0n) is 12.8. The van der Waals surface area contributed by atoms with Crippen LogP contribution in [0.5, 0.6) is 0 Å². The molecule has 0 atom stereocenters. The van der Waals surface area contributed by atoms with Crippen molar-refractivity contribution >= 4 is 28.3 Å². The number of carbonyl (C=O) groups is 2. The van der Waals surface area contributed by atoms with Crippen molar-refractivity contribution in [3.05, 3.63) is 46.5 Å². The van der Waals surface area contributed by atoms with E-state index in [0.717, 1.165) is 23.5 Å². The molecule has 2 aromatic rings. The molecule has 0 aliphatic rings. The van der Waals surface area contributed by atoms with Crippen molar-refractivity contribution in [2.45, 2.75) is 12.6 Å². The molecule has 6 nitrogen and oxygen atoms in total. The summed E-state index contributed by atoms with van der Waals surface area (Å²) in [7, 11) is 0. The van der Waals surface area contributed by atoms with Gasteiger partial charge in [-0.1, -0.05) is 29.5 Å². The van der Waals surface area contributed by atoms with E-state index < -0.39 is 29.2 Å². The third kappa shape index (κ3) is 5.18. The number of alkyl halides is 3. The number of nitrogens with zero attached hydrogens (tertiary/aromatic N) is 1. The summed E-state index contributed by atoms with van der Waals surface area (Å²) >= 11 is 0.944. The molecular formula is C15H14F3N3O3S. The summed E-state index contributed by atoms with van der Waals surface area (Å²) in [5.74, 6) is -0.744. The van der Waals surface area contributed by atoms with Crippen LogP contribution in [0, 0.1) is 0 Å². The van der Waals surface area contributed by atoms with E-state index in [-0.39, 0.29) is 11.4 Å². The van der Waals surface area contributed by atoms with Crippen LogP contribution in [-0.2, 0) is 6.18 Å². The predicted octanol–water partition coefficient (Wildman–Crippen LogP) is 3.46. The lowest BCUT2D eigenvalue weighted by molar-refractivity contribution is -0.137. The number of amides is 1. The summed E-state index contributed by atoms with van der Waals surface area (Å²) in [6.45, 7) is 0.652. The Morgan fingerprint density at radius 2 is 1.92 bits per heavy atom. The maximum atomic E-state index is 13.0. The molecule has 0 bridgehead atoms. The number of carboxylic acid groups (broad SMARTS) is 1. The summed E-state index contributed by atoms with van der Waals surface area (Å²) in [5.41, 5.74) is -1.40. The fraction of sp³-hybridized carbons (Fsp3) is 0.267. The minimum absolute atomic E-state index is 0.0860. The molecule has 1 amide bonds. The van der Waals surface area contributed by atoms with Crippen molar-refractivity contribution in [1.82, 2.24) is 10.3 Å². The normalized spacial score (nSPS) is 11.2. The molecule has 0 aliphatic carbocycles.